The molecule has 0 spiro atoms. The first kappa shape index (κ1) is 24.4. The van der Waals surface area contributed by atoms with Gasteiger partial charge in [-0.1, -0.05) is 24.3 Å². The van der Waals surface area contributed by atoms with Crippen molar-refractivity contribution in [1.29, 1.82) is 0 Å². The van der Waals surface area contributed by atoms with Crippen LogP contribution in [0.5, 0.6) is 5.75 Å². The Morgan fingerprint density at radius 2 is 1.74 bits per heavy atom. The summed E-state index contributed by atoms with van der Waals surface area (Å²) in [6.45, 7) is 2.78. The standard InChI is InChI=1S/C20H21F3N2O5S/c1-13(15-6-8-17(9-7-15)30-20(21,22)23)25-19(27)10-11-24-31(28,29)18-5-3-4-16(12-18)14(2)26/h3-9,12-13,24H,10-11H2,1-2H3,(H,25,27). The molecule has 0 saturated heterocycles. The average Bonchev–Trinajstić information content (AvgIpc) is 2.67. The van der Waals surface area contributed by atoms with Crippen molar-refractivity contribution in [2.45, 2.75) is 37.6 Å². The van der Waals surface area contributed by atoms with Gasteiger partial charge in [0.05, 0.1) is 10.9 Å². The van der Waals surface area contributed by atoms with Crippen LogP contribution in [0.1, 0.15) is 42.2 Å². The number of carbonyl (C=O) groups is 2. The second-order valence-electron chi connectivity index (χ2n) is 6.64. The van der Waals surface area contributed by atoms with Gasteiger partial charge in [0.2, 0.25) is 15.9 Å². The van der Waals surface area contributed by atoms with Crippen molar-refractivity contribution in [3.05, 3.63) is 59.7 Å². The number of alkyl halides is 3. The topological polar surface area (TPSA) is 102 Å². The van der Waals surface area contributed by atoms with Crippen molar-refractivity contribution in [1.82, 2.24) is 10.0 Å². The Kier molecular flexibility index (Phi) is 7.80. The minimum atomic E-state index is -4.79. The first-order chi connectivity index (χ1) is 14.4. The maximum Gasteiger partial charge on any atom is 0.573 e. The van der Waals surface area contributed by atoms with Crippen molar-refractivity contribution in [3.8, 4) is 5.75 Å². The lowest BCUT2D eigenvalue weighted by Gasteiger charge is -2.15. The van der Waals surface area contributed by atoms with Gasteiger partial charge >= 0.3 is 6.36 Å². The van der Waals surface area contributed by atoms with Crippen LogP contribution in [0, 0.1) is 0 Å². The molecule has 0 radical (unpaired) electrons. The third kappa shape index (κ3) is 7.68. The molecule has 168 valence electrons. The minimum absolute atomic E-state index is 0.0878. The SMILES string of the molecule is CC(=O)c1cccc(S(=O)(=O)NCCC(=O)NC(C)c2ccc(OC(F)(F)F)cc2)c1. The van der Waals surface area contributed by atoms with Crippen LogP contribution in [-0.2, 0) is 14.8 Å². The Balaban J connectivity index is 1.87. The van der Waals surface area contributed by atoms with Crippen LogP contribution in [-0.4, -0.2) is 33.0 Å². The number of ketones is 1. The Morgan fingerprint density at radius 3 is 2.32 bits per heavy atom. The molecular formula is C20H21F3N2O5S. The van der Waals surface area contributed by atoms with Gasteiger partial charge in [-0.2, -0.15) is 0 Å². The van der Waals surface area contributed by atoms with Crippen LogP contribution in [0.4, 0.5) is 13.2 Å². The molecule has 2 aromatic rings. The number of carbonyl (C=O) groups excluding carboxylic acids is 2. The monoisotopic (exact) mass is 458 g/mol. The Bertz CT molecular complexity index is 1040. The number of hydrogen-bond acceptors (Lipinski definition) is 5. The molecule has 2 N–H and O–H groups in total. The van der Waals surface area contributed by atoms with Gasteiger partial charge in [0.25, 0.3) is 0 Å². The molecule has 0 aliphatic heterocycles. The van der Waals surface area contributed by atoms with E-state index in [0.717, 1.165) is 12.1 Å². The van der Waals surface area contributed by atoms with E-state index in [2.05, 4.69) is 14.8 Å². The molecule has 2 aromatic carbocycles. The Morgan fingerprint density at radius 1 is 1.10 bits per heavy atom. The highest BCUT2D eigenvalue weighted by molar-refractivity contribution is 7.89. The normalized spacial score (nSPS) is 12.8. The fourth-order valence-corrected chi connectivity index (χ4v) is 3.70. The molecule has 0 aliphatic carbocycles. The van der Waals surface area contributed by atoms with Gasteiger partial charge in [0.1, 0.15) is 5.75 Å². The smallest absolute Gasteiger partial charge is 0.406 e. The zero-order valence-corrected chi connectivity index (χ0v) is 17.5. The third-order valence-electron chi connectivity index (χ3n) is 4.19. The molecule has 0 bridgehead atoms. The third-order valence-corrected chi connectivity index (χ3v) is 5.64. The van der Waals surface area contributed by atoms with Gasteiger partial charge in [-0.05, 0) is 43.7 Å². The molecular weight excluding hydrogens is 437 g/mol. The number of rotatable bonds is 9. The fraction of sp³-hybridized carbons (Fsp3) is 0.300. The summed E-state index contributed by atoms with van der Waals surface area (Å²) in [4.78, 5) is 23.4. The van der Waals surface area contributed by atoms with Gasteiger partial charge in [0, 0.05) is 18.5 Å². The number of hydrogen-bond donors (Lipinski definition) is 2. The quantitative estimate of drug-likeness (QED) is 0.562. The van der Waals surface area contributed by atoms with Gasteiger partial charge < -0.3 is 10.1 Å². The predicted octanol–water partition coefficient (Wildman–Crippen LogP) is 3.33. The second-order valence-corrected chi connectivity index (χ2v) is 8.40. The van der Waals surface area contributed by atoms with E-state index in [0.29, 0.717) is 5.56 Å². The lowest BCUT2D eigenvalue weighted by Crippen LogP contribution is -2.32. The highest BCUT2D eigenvalue weighted by atomic mass is 32.2. The molecule has 31 heavy (non-hydrogen) atoms. The summed E-state index contributed by atoms with van der Waals surface area (Å²) in [5.41, 5.74) is 0.797. The highest BCUT2D eigenvalue weighted by Gasteiger charge is 2.31. The summed E-state index contributed by atoms with van der Waals surface area (Å²) in [7, 11) is -3.90. The summed E-state index contributed by atoms with van der Waals surface area (Å²) < 4.78 is 67.3. The summed E-state index contributed by atoms with van der Waals surface area (Å²) in [5.74, 6) is -1.11. The maximum atomic E-state index is 12.3. The summed E-state index contributed by atoms with van der Waals surface area (Å²) in [6.07, 6.45) is -4.95. The Hall–Kier alpha value is -2.92. The molecule has 0 heterocycles. The van der Waals surface area contributed by atoms with Gasteiger partial charge in [-0.3, -0.25) is 9.59 Å². The van der Waals surface area contributed by atoms with Crippen molar-refractivity contribution < 1.29 is 35.9 Å². The average molecular weight is 458 g/mol. The zero-order valence-electron chi connectivity index (χ0n) is 16.7. The van der Waals surface area contributed by atoms with Crippen molar-refractivity contribution in [3.63, 3.8) is 0 Å². The van der Waals surface area contributed by atoms with E-state index in [-0.39, 0.29) is 35.0 Å². The van der Waals surface area contributed by atoms with Crippen LogP contribution in [0.25, 0.3) is 0 Å². The number of halogens is 3. The molecule has 0 aromatic heterocycles. The van der Waals surface area contributed by atoms with Crippen molar-refractivity contribution >= 4 is 21.7 Å². The minimum Gasteiger partial charge on any atom is -0.406 e. The summed E-state index contributed by atoms with van der Waals surface area (Å²) in [5, 5.41) is 2.63. The van der Waals surface area contributed by atoms with E-state index in [1.165, 1.54) is 43.3 Å². The van der Waals surface area contributed by atoms with Crippen molar-refractivity contribution in [2.75, 3.05) is 6.54 Å². The van der Waals surface area contributed by atoms with Gasteiger partial charge in [-0.25, -0.2) is 13.1 Å². The largest absolute Gasteiger partial charge is 0.573 e. The zero-order chi connectivity index (χ0) is 23.2. The molecule has 0 fully saturated rings. The van der Waals surface area contributed by atoms with E-state index < -0.39 is 28.3 Å². The number of sulfonamides is 1. The molecule has 0 saturated carbocycles. The number of amides is 1. The van der Waals surface area contributed by atoms with E-state index in [1.807, 2.05) is 0 Å². The summed E-state index contributed by atoms with van der Waals surface area (Å²) in [6, 6.07) is 10.1. The van der Waals surface area contributed by atoms with E-state index in [4.69, 9.17) is 0 Å². The Labute approximate surface area is 177 Å². The van der Waals surface area contributed by atoms with Crippen molar-refractivity contribution in [2.24, 2.45) is 0 Å². The molecule has 1 amide bonds. The first-order valence-corrected chi connectivity index (χ1v) is 10.6. The van der Waals surface area contributed by atoms with E-state index >= 15 is 0 Å². The molecule has 7 nitrogen and oxygen atoms in total. The number of ether oxygens (including phenoxy) is 1. The molecule has 11 heteroatoms. The van der Waals surface area contributed by atoms with Crippen LogP contribution < -0.4 is 14.8 Å². The maximum absolute atomic E-state index is 12.3. The predicted molar refractivity (Wildman–Crippen MR) is 106 cm³/mol. The lowest BCUT2D eigenvalue weighted by atomic mass is 10.1. The summed E-state index contributed by atoms with van der Waals surface area (Å²) >= 11 is 0. The van der Waals surface area contributed by atoms with Crippen LogP contribution >= 0.6 is 0 Å². The first-order valence-electron chi connectivity index (χ1n) is 9.13. The second kappa shape index (κ2) is 9.92. The fourth-order valence-electron chi connectivity index (χ4n) is 2.62. The van der Waals surface area contributed by atoms with E-state index in [1.54, 1.807) is 6.92 Å². The van der Waals surface area contributed by atoms with Crippen LogP contribution in [0.15, 0.2) is 53.4 Å². The molecule has 2 rings (SSSR count). The van der Waals surface area contributed by atoms with E-state index in [9.17, 15) is 31.2 Å². The van der Waals surface area contributed by atoms with Crippen LogP contribution in [0.2, 0.25) is 0 Å². The molecule has 1 unspecified atom stereocenters. The highest BCUT2D eigenvalue weighted by Crippen LogP contribution is 2.24. The van der Waals surface area contributed by atoms with Gasteiger partial charge in [-0.15, -0.1) is 13.2 Å². The molecule has 0 aliphatic rings. The number of Topliss-reactive ketones (excluding diaryl/α,β-unsaturated/α-hetero) is 1. The van der Waals surface area contributed by atoms with Gasteiger partial charge in [0.15, 0.2) is 5.78 Å². The van der Waals surface area contributed by atoms with Crippen LogP contribution in [0.3, 0.4) is 0 Å². The molecule has 1 atom stereocenters. The number of nitrogens with one attached hydrogen (secondary N) is 2. The lowest BCUT2D eigenvalue weighted by molar-refractivity contribution is -0.274. The number of benzene rings is 2.